The van der Waals surface area contributed by atoms with Crippen LogP contribution in [0.5, 0.6) is 0 Å². The molecular weight excluding hydrogens is 250 g/mol. The van der Waals surface area contributed by atoms with Crippen molar-refractivity contribution in [2.45, 2.75) is 47.2 Å². The van der Waals surface area contributed by atoms with E-state index in [4.69, 9.17) is 0 Å². The summed E-state index contributed by atoms with van der Waals surface area (Å²) < 4.78 is 0. The van der Waals surface area contributed by atoms with Crippen LogP contribution in [-0.4, -0.2) is 0 Å². The summed E-state index contributed by atoms with van der Waals surface area (Å²) >= 11 is 1.88. The van der Waals surface area contributed by atoms with E-state index in [0.29, 0.717) is 6.04 Å². The Morgan fingerprint density at radius 1 is 1.00 bits per heavy atom. The topological polar surface area (TPSA) is 12.0 Å². The molecule has 1 unspecified atom stereocenters. The third-order valence-electron chi connectivity index (χ3n) is 3.74. The summed E-state index contributed by atoms with van der Waals surface area (Å²) in [5.74, 6) is 0. The van der Waals surface area contributed by atoms with Crippen molar-refractivity contribution >= 4 is 11.3 Å². The number of benzene rings is 1. The monoisotopic (exact) mass is 273 g/mol. The molecule has 2 aromatic rings. The molecule has 1 atom stereocenters. The average molecular weight is 273 g/mol. The third kappa shape index (κ3) is 3.46. The number of rotatable bonds is 4. The number of thiophene rings is 1. The highest BCUT2D eigenvalue weighted by Crippen LogP contribution is 2.23. The van der Waals surface area contributed by atoms with Crippen LogP contribution in [0.3, 0.4) is 0 Å². The van der Waals surface area contributed by atoms with E-state index in [1.807, 2.05) is 11.3 Å². The van der Waals surface area contributed by atoms with Gasteiger partial charge >= 0.3 is 0 Å². The minimum absolute atomic E-state index is 0.416. The average Bonchev–Trinajstić information content (AvgIpc) is 2.78. The maximum Gasteiger partial charge on any atom is 0.0388 e. The van der Waals surface area contributed by atoms with Gasteiger partial charge < -0.3 is 5.32 Å². The van der Waals surface area contributed by atoms with Crippen molar-refractivity contribution in [3.05, 3.63) is 56.3 Å². The van der Waals surface area contributed by atoms with E-state index in [2.05, 4.69) is 64.2 Å². The lowest BCUT2D eigenvalue weighted by molar-refractivity contribution is 0.581. The van der Waals surface area contributed by atoms with E-state index in [1.54, 1.807) is 0 Å². The van der Waals surface area contributed by atoms with Crippen molar-refractivity contribution in [3.63, 3.8) is 0 Å². The van der Waals surface area contributed by atoms with Crippen LogP contribution in [0.15, 0.2) is 24.3 Å². The Labute approximate surface area is 120 Å². The first-order chi connectivity index (χ1) is 8.97. The minimum atomic E-state index is 0.416. The molecule has 1 heterocycles. The van der Waals surface area contributed by atoms with Crippen LogP contribution < -0.4 is 5.32 Å². The predicted molar refractivity (Wildman–Crippen MR) is 85.0 cm³/mol. The Kier molecular flexibility index (Phi) is 4.43. The van der Waals surface area contributed by atoms with Gasteiger partial charge in [-0.05, 0) is 69.0 Å². The number of aryl methyl sites for hydroxylation is 4. The zero-order valence-corrected chi connectivity index (χ0v) is 13.3. The van der Waals surface area contributed by atoms with Gasteiger partial charge in [-0.3, -0.25) is 0 Å². The van der Waals surface area contributed by atoms with Crippen molar-refractivity contribution in [1.29, 1.82) is 0 Å². The molecule has 19 heavy (non-hydrogen) atoms. The summed E-state index contributed by atoms with van der Waals surface area (Å²) in [4.78, 5) is 2.80. The van der Waals surface area contributed by atoms with Crippen LogP contribution in [0.1, 0.15) is 45.0 Å². The van der Waals surface area contributed by atoms with Crippen LogP contribution >= 0.6 is 11.3 Å². The van der Waals surface area contributed by atoms with E-state index >= 15 is 0 Å². The second-order valence-corrected chi connectivity index (χ2v) is 6.73. The fourth-order valence-corrected chi connectivity index (χ4v) is 3.16. The van der Waals surface area contributed by atoms with Gasteiger partial charge in [0.25, 0.3) is 0 Å². The molecule has 1 aromatic heterocycles. The number of hydrogen-bond acceptors (Lipinski definition) is 2. The summed E-state index contributed by atoms with van der Waals surface area (Å²) in [5.41, 5.74) is 5.54. The predicted octanol–water partition coefficient (Wildman–Crippen LogP) is 4.83. The highest BCUT2D eigenvalue weighted by molar-refractivity contribution is 7.12. The number of nitrogens with one attached hydrogen (secondary N) is 1. The zero-order chi connectivity index (χ0) is 14.0. The molecule has 0 spiro atoms. The standard InChI is InChI=1S/C17H23NS/c1-11-8-13(3)16(9-12(11)2)10-18-15(5)17-7-6-14(4)19-17/h6-9,15,18H,10H2,1-5H3. The fraction of sp³-hybridized carbons (Fsp3) is 0.412. The molecule has 102 valence electrons. The molecule has 1 nitrogen and oxygen atoms in total. The maximum atomic E-state index is 3.63. The minimum Gasteiger partial charge on any atom is -0.305 e. The van der Waals surface area contributed by atoms with E-state index in [-0.39, 0.29) is 0 Å². The SMILES string of the molecule is Cc1ccc(C(C)NCc2cc(C)c(C)cc2C)s1. The van der Waals surface area contributed by atoms with E-state index in [0.717, 1.165) is 6.54 Å². The smallest absolute Gasteiger partial charge is 0.0388 e. The lowest BCUT2D eigenvalue weighted by atomic mass is 10.0. The molecule has 0 amide bonds. The Hall–Kier alpha value is -1.12. The van der Waals surface area contributed by atoms with Crippen molar-refractivity contribution in [1.82, 2.24) is 5.32 Å². The summed E-state index contributed by atoms with van der Waals surface area (Å²) in [6.07, 6.45) is 0. The highest BCUT2D eigenvalue weighted by Gasteiger charge is 2.08. The van der Waals surface area contributed by atoms with Gasteiger partial charge in [-0.25, -0.2) is 0 Å². The Morgan fingerprint density at radius 2 is 1.68 bits per heavy atom. The van der Waals surface area contributed by atoms with Crippen molar-refractivity contribution in [2.75, 3.05) is 0 Å². The molecule has 1 N–H and O–H groups in total. The van der Waals surface area contributed by atoms with Gasteiger partial charge in [-0.1, -0.05) is 12.1 Å². The maximum absolute atomic E-state index is 3.63. The Morgan fingerprint density at radius 3 is 2.32 bits per heavy atom. The quantitative estimate of drug-likeness (QED) is 0.841. The number of hydrogen-bond donors (Lipinski definition) is 1. The van der Waals surface area contributed by atoms with Gasteiger partial charge in [0.2, 0.25) is 0 Å². The molecule has 0 bridgehead atoms. The van der Waals surface area contributed by atoms with Gasteiger partial charge in [0.1, 0.15) is 0 Å². The zero-order valence-electron chi connectivity index (χ0n) is 12.5. The van der Waals surface area contributed by atoms with Crippen molar-refractivity contribution in [3.8, 4) is 0 Å². The van der Waals surface area contributed by atoms with Crippen molar-refractivity contribution in [2.24, 2.45) is 0 Å². The van der Waals surface area contributed by atoms with Gasteiger partial charge in [0.05, 0.1) is 0 Å². The summed E-state index contributed by atoms with van der Waals surface area (Å²) in [6, 6.07) is 9.43. The summed E-state index contributed by atoms with van der Waals surface area (Å²) in [7, 11) is 0. The fourth-order valence-electron chi connectivity index (χ4n) is 2.26. The first-order valence-electron chi connectivity index (χ1n) is 6.84. The van der Waals surface area contributed by atoms with E-state index in [1.165, 1.54) is 32.0 Å². The molecule has 0 fully saturated rings. The first-order valence-corrected chi connectivity index (χ1v) is 7.65. The molecular formula is C17H23NS. The summed E-state index contributed by atoms with van der Waals surface area (Å²) in [5, 5.41) is 3.63. The van der Waals surface area contributed by atoms with Crippen LogP contribution in [0.2, 0.25) is 0 Å². The molecule has 0 aliphatic rings. The van der Waals surface area contributed by atoms with Gasteiger partial charge in [-0.2, -0.15) is 0 Å². The molecule has 1 aromatic carbocycles. The van der Waals surface area contributed by atoms with Gasteiger partial charge in [0, 0.05) is 22.3 Å². The molecule has 0 saturated carbocycles. The highest BCUT2D eigenvalue weighted by atomic mass is 32.1. The first kappa shape index (κ1) is 14.3. The van der Waals surface area contributed by atoms with Crippen LogP contribution in [0.4, 0.5) is 0 Å². The second kappa shape index (κ2) is 5.89. The molecule has 0 aliphatic heterocycles. The molecule has 0 saturated heterocycles. The van der Waals surface area contributed by atoms with E-state index < -0.39 is 0 Å². The third-order valence-corrected chi connectivity index (χ3v) is 4.92. The molecule has 2 heteroatoms. The van der Waals surface area contributed by atoms with Gasteiger partial charge in [-0.15, -0.1) is 11.3 Å². The lowest BCUT2D eigenvalue weighted by Gasteiger charge is -2.15. The van der Waals surface area contributed by atoms with Crippen LogP contribution in [-0.2, 0) is 6.54 Å². The van der Waals surface area contributed by atoms with Crippen LogP contribution in [0, 0.1) is 27.7 Å². The Balaban J connectivity index is 2.04. The molecule has 0 aliphatic carbocycles. The van der Waals surface area contributed by atoms with Crippen LogP contribution in [0.25, 0.3) is 0 Å². The van der Waals surface area contributed by atoms with Gasteiger partial charge in [0.15, 0.2) is 0 Å². The molecule has 0 radical (unpaired) electrons. The largest absolute Gasteiger partial charge is 0.305 e. The lowest BCUT2D eigenvalue weighted by Crippen LogP contribution is -2.18. The Bertz CT molecular complexity index is 569. The second-order valence-electron chi connectivity index (χ2n) is 5.41. The summed E-state index contributed by atoms with van der Waals surface area (Å²) in [6.45, 7) is 11.9. The normalized spacial score (nSPS) is 12.7. The van der Waals surface area contributed by atoms with Crippen molar-refractivity contribution < 1.29 is 0 Å². The van der Waals surface area contributed by atoms with E-state index in [9.17, 15) is 0 Å². The molecule has 2 rings (SSSR count).